The van der Waals surface area contributed by atoms with Crippen molar-refractivity contribution in [1.29, 1.82) is 0 Å². The van der Waals surface area contributed by atoms with E-state index in [4.69, 9.17) is 5.11 Å². The Kier molecular flexibility index (Phi) is 3.55. The van der Waals surface area contributed by atoms with Gasteiger partial charge >= 0.3 is 12.3 Å². The van der Waals surface area contributed by atoms with Crippen LogP contribution >= 0.6 is 0 Å². The molecule has 2 rings (SSSR count). The van der Waals surface area contributed by atoms with Crippen LogP contribution in [0.2, 0.25) is 0 Å². The van der Waals surface area contributed by atoms with Gasteiger partial charge in [-0.2, -0.15) is 13.2 Å². The molecule has 1 aromatic rings. The fraction of sp³-hybridized carbons (Fsp3) is 0.417. The Morgan fingerprint density at radius 2 is 1.95 bits per heavy atom. The van der Waals surface area contributed by atoms with Crippen molar-refractivity contribution < 1.29 is 23.1 Å². The first kappa shape index (κ1) is 13.5. The lowest BCUT2D eigenvalue weighted by Crippen LogP contribution is -2.36. The van der Waals surface area contributed by atoms with Gasteiger partial charge in [0.1, 0.15) is 0 Å². The Hall–Kier alpha value is -1.92. The highest BCUT2D eigenvalue weighted by molar-refractivity contribution is 5.65. The fourth-order valence-electron chi connectivity index (χ4n) is 2.15. The summed E-state index contributed by atoms with van der Waals surface area (Å²) < 4.78 is 37.2. The summed E-state index contributed by atoms with van der Waals surface area (Å²) in [5.41, 5.74) is -0.0154. The van der Waals surface area contributed by atoms with Crippen LogP contribution in [-0.4, -0.2) is 30.3 Å². The van der Waals surface area contributed by atoms with Gasteiger partial charge in [-0.25, -0.2) is 4.79 Å². The zero-order chi connectivity index (χ0) is 14.0. The summed E-state index contributed by atoms with van der Waals surface area (Å²) in [6, 6.07) is 4.71. The Morgan fingerprint density at radius 1 is 1.32 bits per heavy atom. The third-order valence-corrected chi connectivity index (χ3v) is 3.08. The van der Waals surface area contributed by atoms with Gasteiger partial charge in [0, 0.05) is 18.8 Å². The predicted octanol–water partition coefficient (Wildman–Crippen LogP) is 2.55. The molecular weight excluding hydrogens is 261 g/mol. The molecule has 19 heavy (non-hydrogen) atoms. The molecular formula is C12H13F3N2O2. The van der Waals surface area contributed by atoms with Crippen molar-refractivity contribution in [3.05, 3.63) is 29.8 Å². The minimum absolute atomic E-state index is 0.181. The second-order valence-electron chi connectivity index (χ2n) is 4.43. The van der Waals surface area contributed by atoms with E-state index < -0.39 is 17.8 Å². The van der Waals surface area contributed by atoms with E-state index in [0.29, 0.717) is 25.2 Å². The summed E-state index contributed by atoms with van der Waals surface area (Å²) in [6.45, 7) is 1.09. The van der Waals surface area contributed by atoms with Crippen LogP contribution < -0.4 is 10.2 Å². The molecule has 1 atom stereocenters. The number of carboxylic acid groups (broad SMARTS) is 1. The minimum Gasteiger partial charge on any atom is -0.465 e. The molecule has 1 amide bonds. The van der Waals surface area contributed by atoms with E-state index in [9.17, 15) is 18.0 Å². The fourth-order valence-corrected chi connectivity index (χ4v) is 2.15. The second-order valence-corrected chi connectivity index (χ2v) is 4.43. The molecule has 0 aliphatic carbocycles. The highest BCUT2D eigenvalue weighted by Crippen LogP contribution is 2.31. The molecule has 1 aliphatic rings. The average molecular weight is 274 g/mol. The predicted molar refractivity (Wildman–Crippen MR) is 63.2 cm³/mol. The molecule has 1 heterocycles. The van der Waals surface area contributed by atoms with Crippen LogP contribution in [0.5, 0.6) is 0 Å². The SMILES string of the molecule is O=C(O)N[C@H]1CCN(c2ccc(C(F)(F)F)cc2)C1. The van der Waals surface area contributed by atoms with Crippen LogP contribution in [0.4, 0.5) is 23.7 Å². The van der Waals surface area contributed by atoms with Gasteiger partial charge in [-0.1, -0.05) is 0 Å². The number of hydrogen-bond donors (Lipinski definition) is 2. The number of alkyl halides is 3. The van der Waals surface area contributed by atoms with Gasteiger partial charge in [-0.15, -0.1) is 0 Å². The molecule has 1 aliphatic heterocycles. The van der Waals surface area contributed by atoms with Crippen molar-refractivity contribution in [2.75, 3.05) is 18.0 Å². The van der Waals surface area contributed by atoms with E-state index in [1.54, 1.807) is 0 Å². The Labute approximate surface area is 107 Å². The van der Waals surface area contributed by atoms with E-state index >= 15 is 0 Å². The molecule has 1 fully saturated rings. The third kappa shape index (κ3) is 3.30. The van der Waals surface area contributed by atoms with Gasteiger partial charge in [0.05, 0.1) is 11.6 Å². The van der Waals surface area contributed by atoms with Crippen molar-refractivity contribution in [2.45, 2.75) is 18.6 Å². The molecule has 1 saturated heterocycles. The molecule has 0 saturated carbocycles. The lowest BCUT2D eigenvalue weighted by molar-refractivity contribution is -0.137. The Bertz CT molecular complexity index is 459. The molecule has 0 unspecified atom stereocenters. The van der Waals surface area contributed by atoms with E-state index in [1.807, 2.05) is 4.90 Å². The molecule has 104 valence electrons. The van der Waals surface area contributed by atoms with Gasteiger partial charge in [-0.3, -0.25) is 0 Å². The summed E-state index contributed by atoms with van der Waals surface area (Å²) >= 11 is 0. The number of benzene rings is 1. The Morgan fingerprint density at radius 3 is 2.47 bits per heavy atom. The van der Waals surface area contributed by atoms with Gasteiger partial charge in [0.25, 0.3) is 0 Å². The maximum atomic E-state index is 12.4. The number of nitrogens with zero attached hydrogens (tertiary/aromatic N) is 1. The van der Waals surface area contributed by atoms with E-state index in [0.717, 1.165) is 12.1 Å². The smallest absolute Gasteiger partial charge is 0.416 e. The van der Waals surface area contributed by atoms with Crippen LogP contribution in [0.3, 0.4) is 0 Å². The van der Waals surface area contributed by atoms with Crippen molar-refractivity contribution in [1.82, 2.24) is 5.32 Å². The van der Waals surface area contributed by atoms with Crippen LogP contribution in [0, 0.1) is 0 Å². The summed E-state index contributed by atoms with van der Waals surface area (Å²) in [5, 5.41) is 11.0. The summed E-state index contributed by atoms with van der Waals surface area (Å²) in [4.78, 5) is 12.4. The van der Waals surface area contributed by atoms with Crippen LogP contribution in [0.1, 0.15) is 12.0 Å². The van der Waals surface area contributed by atoms with Crippen molar-refractivity contribution in [3.63, 3.8) is 0 Å². The molecule has 0 radical (unpaired) electrons. The molecule has 0 bridgehead atoms. The lowest BCUT2D eigenvalue weighted by atomic mass is 10.2. The summed E-state index contributed by atoms with van der Waals surface area (Å²) in [7, 11) is 0. The number of hydrogen-bond acceptors (Lipinski definition) is 2. The lowest BCUT2D eigenvalue weighted by Gasteiger charge is -2.19. The molecule has 7 heteroatoms. The van der Waals surface area contributed by atoms with E-state index in [-0.39, 0.29) is 6.04 Å². The molecule has 1 aromatic carbocycles. The topological polar surface area (TPSA) is 52.6 Å². The van der Waals surface area contributed by atoms with Gasteiger partial charge in [0.2, 0.25) is 0 Å². The van der Waals surface area contributed by atoms with Gasteiger partial charge in [-0.05, 0) is 30.7 Å². The van der Waals surface area contributed by atoms with Crippen molar-refractivity contribution in [2.24, 2.45) is 0 Å². The standard InChI is InChI=1S/C12H13F3N2O2/c13-12(14,15)8-1-3-10(4-2-8)17-6-5-9(7-17)16-11(18)19/h1-4,9,16H,5-7H2,(H,18,19)/t9-/m0/s1. The Balaban J connectivity index is 2.02. The number of anilines is 1. The van der Waals surface area contributed by atoms with E-state index in [1.165, 1.54) is 12.1 Å². The molecule has 4 nitrogen and oxygen atoms in total. The molecule has 2 N–H and O–H groups in total. The first-order valence-electron chi connectivity index (χ1n) is 5.78. The van der Waals surface area contributed by atoms with Gasteiger partial charge in [0.15, 0.2) is 0 Å². The monoisotopic (exact) mass is 274 g/mol. The highest BCUT2D eigenvalue weighted by Gasteiger charge is 2.30. The number of amides is 1. The quantitative estimate of drug-likeness (QED) is 0.871. The first-order chi connectivity index (χ1) is 8.86. The maximum absolute atomic E-state index is 12.4. The largest absolute Gasteiger partial charge is 0.465 e. The van der Waals surface area contributed by atoms with Crippen LogP contribution in [0.25, 0.3) is 0 Å². The van der Waals surface area contributed by atoms with E-state index in [2.05, 4.69) is 5.32 Å². The molecule has 0 spiro atoms. The number of carbonyl (C=O) groups is 1. The minimum atomic E-state index is -4.34. The van der Waals surface area contributed by atoms with Crippen LogP contribution in [0.15, 0.2) is 24.3 Å². The average Bonchev–Trinajstić information content (AvgIpc) is 2.75. The third-order valence-electron chi connectivity index (χ3n) is 3.08. The zero-order valence-corrected chi connectivity index (χ0v) is 9.94. The number of nitrogens with one attached hydrogen (secondary N) is 1. The summed E-state index contributed by atoms with van der Waals surface area (Å²) in [6.07, 6.45) is -4.77. The highest BCUT2D eigenvalue weighted by atomic mass is 19.4. The van der Waals surface area contributed by atoms with Gasteiger partial charge < -0.3 is 15.3 Å². The van der Waals surface area contributed by atoms with Crippen molar-refractivity contribution >= 4 is 11.8 Å². The van der Waals surface area contributed by atoms with Crippen molar-refractivity contribution in [3.8, 4) is 0 Å². The first-order valence-corrected chi connectivity index (χ1v) is 5.78. The maximum Gasteiger partial charge on any atom is 0.416 e. The number of halogens is 3. The zero-order valence-electron chi connectivity index (χ0n) is 9.94. The normalized spacial score (nSPS) is 19.5. The summed E-state index contributed by atoms with van der Waals surface area (Å²) in [5.74, 6) is 0. The number of rotatable bonds is 2. The van der Waals surface area contributed by atoms with Crippen LogP contribution in [-0.2, 0) is 6.18 Å². The second kappa shape index (κ2) is 4.99. The molecule has 0 aromatic heterocycles.